The Kier molecular flexibility index (Phi) is 5.55. The van der Waals surface area contributed by atoms with Crippen LogP contribution >= 0.6 is 0 Å². The Morgan fingerprint density at radius 3 is 2.47 bits per heavy atom. The van der Waals surface area contributed by atoms with E-state index in [-0.39, 0.29) is 18.5 Å². The molecule has 0 saturated heterocycles. The fourth-order valence-corrected chi connectivity index (χ4v) is 2.73. The smallest absolute Gasteiger partial charge is 0.304 e. The molecule has 0 heterocycles. The lowest BCUT2D eigenvalue weighted by Crippen LogP contribution is -2.37. The number of benzene rings is 1. The minimum absolute atomic E-state index is 0.0393. The second-order valence-corrected chi connectivity index (χ2v) is 5.31. The van der Waals surface area contributed by atoms with Gasteiger partial charge < -0.3 is 5.11 Å². The first-order valence-corrected chi connectivity index (χ1v) is 6.91. The van der Waals surface area contributed by atoms with Crippen LogP contribution in [-0.2, 0) is 4.79 Å². The molecule has 0 spiro atoms. The van der Waals surface area contributed by atoms with E-state index in [1.54, 1.807) is 0 Å². The summed E-state index contributed by atoms with van der Waals surface area (Å²) in [6.07, 6.45) is 0.184. The van der Waals surface area contributed by atoms with Gasteiger partial charge in [0.25, 0.3) is 0 Å². The number of rotatable bonds is 6. The van der Waals surface area contributed by atoms with Crippen molar-refractivity contribution in [3.8, 4) is 0 Å². The molecule has 106 valence electrons. The zero-order valence-corrected chi connectivity index (χ0v) is 12.6. The lowest BCUT2D eigenvalue weighted by atomic mass is 9.97. The van der Waals surface area contributed by atoms with Gasteiger partial charge in [0.2, 0.25) is 0 Å². The molecule has 19 heavy (non-hydrogen) atoms. The van der Waals surface area contributed by atoms with E-state index in [9.17, 15) is 4.79 Å². The Hall–Kier alpha value is -1.35. The maximum absolute atomic E-state index is 10.9. The van der Waals surface area contributed by atoms with Crippen LogP contribution in [0.25, 0.3) is 0 Å². The van der Waals surface area contributed by atoms with Gasteiger partial charge in [-0.05, 0) is 45.4 Å². The highest BCUT2D eigenvalue weighted by molar-refractivity contribution is 5.67. The van der Waals surface area contributed by atoms with Gasteiger partial charge in [-0.15, -0.1) is 0 Å². The molecule has 0 amide bonds. The molecular weight excluding hydrogens is 238 g/mol. The van der Waals surface area contributed by atoms with E-state index in [4.69, 9.17) is 5.11 Å². The highest BCUT2D eigenvalue weighted by Crippen LogP contribution is 2.26. The maximum Gasteiger partial charge on any atom is 0.304 e. The van der Waals surface area contributed by atoms with E-state index in [2.05, 4.69) is 50.8 Å². The van der Waals surface area contributed by atoms with Crippen LogP contribution in [0, 0.1) is 13.8 Å². The molecule has 1 rings (SSSR count). The Morgan fingerprint density at radius 1 is 1.32 bits per heavy atom. The SMILES string of the molecule is CCN(C(C)CC(=O)O)C(C)c1cc(C)ccc1C. The van der Waals surface area contributed by atoms with Crippen LogP contribution in [0.1, 0.15) is 49.9 Å². The molecule has 2 unspecified atom stereocenters. The van der Waals surface area contributed by atoms with Gasteiger partial charge in [0.15, 0.2) is 0 Å². The largest absolute Gasteiger partial charge is 0.481 e. The molecule has 0 bridgehead atoms. The highest BCUT2D eigenvalue weighted by atomic mass is 16.4. The summed E-state index contributed by atoms with van der Waals surface area (Å²) >= 11 is 0. The molecule has 1 aromatic rings. The highest BCUT2D eigenvalue weighted by Gasteiger charge is 2.22. The predicted octanol–water partition coefficient (Wildman–Crippen LogP) is 3.55. The molecule has 0 saturated carbocycles. The van der Waals surface area contributed by atoms with Crippen molar-refractivity contribution in [3.63, 3.8) is 0 Å². The van der Waals surface area contributed by atoms with Crippen molar-refractivity contribution >= 4 is 5.97 Å². The predicted molar refractivity (Wildman–Crippen MR) is 78.4 cm³/mol. The number of hydrogen-bond donors (Lipinski definition) is 1. The summed E-state index contributed by atoms with van der Waals surface area (Å²) in [5.41, 5.74) is 3.80. The summed E-state index contributed by atoms with van der Waals surface area (Å²) in [5, 5.41) is 8.95. The summed E-state index contributed by atoms with van der Waals surface area (Å²) in [4.78, 5) is 13.1. The number of aliphatic carboxylic acids is 1. The summed E-state index contributed by atoms with van der Waals surface area (Å²) < 4.78 is 0. The molecule has 0 radical (unpaired) electrons. The van der Waals surface area contributed by atoms with Crippen LogP contribution in [-0.4, -0.2) is 28.6 Å². The van der Waals surface area contributed by atoms with Crippen molar-refractivity contribution in [1.29, 1.82) is 0 Å². The van der Waals surface area contributed by atoms with Gasteiger partial charge in [0.05, 0.1) is 6.42 Å². The minimum atomic E-state index is -0.737. The van der Waals surface area contributed by atoms with Crippen molar-refractivity contribution in [2.45, 2.75) is 53.1 Å². The van der Waals surface area contributed by atoms with Gasteiger partial charge in [-0.2, -0.15) is 0 Å². The molecule has 0 fully saturated rings. The van der Waals surface area contributed by atoms with E-state index in [0.717, 1.165) is 6.54 Å². The normalized spacial score (nSPS) is 14.4. The summed E-state index contributed by atoms with van der Waals surface area (Å²) in [6.45, 7) is 11.3. The molecule has 3 nitrogen and oxygen atoms in total. The third kappa shape index (κ3) is 4.06. The number of carboxylic acid groups (broad SMARTS) is 1. The molecule has 1 aromatic carbocycles. The number of carbonyl (C=O) groups is 1. The molecule has 2 atom stereocenters. The Bertz CT molecular complexity index is 442. The van der Waals surface area contributed by atoms with Crippen LogP contribution in [0.3, 0.4) is 0 Å². The van der Waals surface area contributed by atoms with Crippen molar-refractivity contribution in [2.75, 3.05) is 6.54 Å². The monoisotopic (exact) mass is 263 g/mol. The fraction of sp³-hybridized carbons (Fsp3) is 0.562. The first kappa shape index (κ1) is 15.7. The van der Waals surface area contributed by atoms with Crippen molar-refractivity contribution in [2.24, 2.45) is 0 Å². The molecule has 0 aromatic heterocycles. The molecular formula is C16H25NO2. The average molecular weight is 263 g/mol. The molecule has 0 aliphatic rings. The van der Waals surface area contributed by atoms with Gasteiger partial charge in [0, 0.05) is 12.1 Å². The van der Waals surface area contributed by atoms with Gasteiger partial charge in [0.1, 0.15) is 0 Å². The Morgan fingerprint density at radius 2 is 1.95 bits per heavy atom. The molecule has 0 aliphatic heterocycles. The molecule has 3 heteroatoms. The van der Waals surface area contributed by atoms with Crippen LogP contribution < -0.4 is 0 Å². The third-order valence-electron chi connectivity index (χ3n) is 3.78. The minimum Gasteiger partial charge on any atom is -0.481 e. The van der Waals surface area contributed by atoms with Crippen molar-refractivity contribution in [1.82, 2.24) is 4.90 Å². The first-order chi connectivity index (χ1) is 8.86. The zero-order chi connectivity index (χ0) is 14.6. The number of carboxylic acids is 1. The number of nitrogens with zero attached hydrogens (tertiary/aromatic N) is 1. The lowest BCUT2D eigenvalue weighted by molar-refractivity contribution is -0.138. The van der Waals surface area contributed by atoms with Gasteiger partial charge in [-0.3, -0.25) is 9.69 Å². The van der Waals surface area contributed by atoms with Gasteiger partial charge >= 0.3 is 5.97 Å². The lowest BCUT2D eigenvalue weighted by Gasteiger charge is -2.34. The van der Waals surface area contributed by atoms with Gasteiger partial charge in [-0.25, -0.2) is 0 Å². The quantitative estimate of drug-likeness (QED) is 0.853. The second-order valence-electron chi connectivity index (χ2n) is 5.31. The average Bonchev–Trinajstić information content (AvgIpc) is 2.32. The molecule has 0 aliphatic carbocycles. The Labute approximate surface area is 116 Å². The topological polar surface area (TPSA) is 40.5 Å². The number of aryl methyl sites for hydroxylation is 2. The fourth-order valence-electron chi connectivity index (χ4n) is 2.73. The Balaban J connectivity index is 2.97. The third-order valence-corrected chi connectivity index (χ3v) is 3.78. The van der Waals surface area contributed by atoms with E-state index in [1.165, 1.54) is 16.7 Å². The summed E-state index contributed by atoms with van der Waals surface area (Å²) in [7, 11) is 0. The van der Waals surface area contributed by atoms with E-state index in [1.807, 2.05) is 6.92 Å². The van der Waals surface area contributed by atoms with Crippen molar-refractivity contribution in [3.05, 3.63) is 34.9 Å². The second kappa shape index (κ2) is 6.71. The number of hydrogen-bond acceptors (Lipinski definition) is 2. The standard InChI is InChI=1S/C16H25NO2/c1-6-17(13(4)10-16(18)19)14(5)15-9-11(2)7-8-12(15)3/h7-9,13-14H,6,10H2,1-5H3,(H,18,19). The zero-order valence-electron chi connectivity index (χ0n) is 12.6. The van der Waals surface area contributed by atoms with E-state index < -0.39 is 5.97 Å². The van der Waals surface area contributed by atoms with E-state index >= 15 is 0 Å². The van der Waals surface area contributed by atoms with Crippen molar-refractivity contribution < 1.29 is 9.90 Å². The maximum atomic E-state index is 10.9. The summed E-state index contributed by atoms with van der Waals surface area (Å²) in [5.74, 6) is -0.737. The molecule has 1 N–H and O–H groups in total. The van der Waals surface area contributed by atoms with Gasteiger partial charge in [-0.1, -0.05) is 30.7 Å². The van der Waals surface area contributed by atoms with Crippen LogP contribution in [0.2, 0.25) is 0 Å². The van der Waals surface area contributed by atoms with E-state index in [0.29, 0.717) is 0 Å². The first-order valence-electron chi connectivity index (χ1n) is 6.91. The van der Waals surface area contributed by atoms with Crippen LogP contribution in [0.5, 0.6) is 0 Å². The van der Waals surface area contributed by atoms with Crippen LogP contribution in [0.15, 0.2) is 18.2 Å². The van der Waals surface area contributed by atoms with Crippen LogP contribution in [0.4, 0.5) is 0 Å². The summed E-state index contributed by atoms with van der Waals surface area (Å²) in [6, 6.07) is 6.73.